The molecule has 0 bridgehead atoms. The SMILES string of the molecule is CCn1ncc(Cl)c1C(NC)c1cccc(Cl)c1F. The smallest absolute Gasteiger partial charge is 0.146 e. The van der Waals surface area contributed by atoms with Crippen LogP contribution in [0, 0.1) is 5.82 Å². The van der Waals surface area contributed by atoms with Gasteiger partial charge in [0.05, 0.1) is 28.0 Å². The molecule has 0 saturated heterocycles. The van der Waals surface area contributed by atoms with E-state index in [4.69, 9.17) is 23.2 Å². The number of nitrogens with one attached hydrogen (secondary N) is 1. The maximum atomic E-state index is 14.2. The minimum atomic E-state index is -0.441. The fourth-order valence-corrected chi connectivity index (χ4v) is 2.53. The second-order valence-corrected chi connectivity index (χ2v) is 4.87. The molecule has 1 heterocycles. The zero-order valence-corrected chi connectivity index (χ0v) is 12.1. The number of halogens is 3. The van der Waals surface area contributed by atoms with Crippen molar-refractivity contribution < 1.29 is 4.39 Å². The van der Waals surface area contributed by atoms with E-state index in [2.05, 4.69) is 10.4 Å². The highest BCUT2D eigenvalue weighted by Crippen LogP contribution is 2.31. The van der Waals surface area contributed by atoms with Gasteiger partial charge < -0.3 is 5.32 Å². The molecule has 3 nitrogen and oxygen atoms in total. The van der Waals surface area contributed by atoms with Crippen LogP contribution in [0.15, 0.2) is 24.4 Å². The Morgan fingerprint density at radius 3 is 2.74 bits per heavy atom. The Balaban J connectivity index is 2.56. The highest BCUT2D eigenvalue weighted by Gasteiger charge is 2.23. The van der Waals surface area contributed by atoms with Gasteiger partial charge in [0.15, 0.2) is 0 Å². The first-order chi connectivity index (χ1) is 9.10. The average Bonchev–Trinajstić information content (AvgIpc) is 2.77. The Morgan fingerprint density at radius 1 is 1.37 bits per heavy atom. The van der Waals surface area contributed by atoms with Crippen molar-refractivity contribution >= 4 is 23.2 Å². The molecule has 1 aromatic heterocycles. The Bertz CT molecular complexity index is 583. The fraction of sp³-hybridized carbons (Fsp3) is 0.308. The number of hydrogen-bond acceptors (Lipinski definition) is 2. The number of hydrogen-bond donors (Lipinski definition) is 1. The van der Waals surface area contributed by atoms with E-state index in [0.717, 1.165) is 5.69 Å². The molecule has 1 N–H and O–H groups in total. The van der Waals surface area contributed by atoms with E-state index in [1.807, 2.05) is 6.92 Å². The van der Waals surface area contributed by atoms with Gasteiger partial charge in [0.2, 0.25) is 0 Å². The van der Waals surface area contributed by atoms with E-state index in [1.54, 1.807) is 30.1 Å². The molecule has 1 aromatic carbocycles. The summed E-state index contributed by atoms with van der Waals surface area (Å²) in [4.78, 5) is 0. The lowest BCUT2D eigenvalue weighted by Crippen LogP contribution is -2.23. The summed E-state index contributed by atoms with van der Waals surface area (Å²) in [6.07, 6.45) is 1.56. The van der Waals surface area contributed by atoms with Crippen LogP contribution in [0.25, 0.3) is 0 Å². The van der Waals surface area contributed by atoms with E-state index in [0.29, 0.717) is 17.1 Å². The molecule has 2 aromatic rings. The quantitative estimate of drug-likeness (QED) is 0.934. The van der Waals surface area contributed by atoms with Crippen molar-refractivity contribution in [2.24, 2.45) is 0 Å². The van der Waals surface area contributed by atoms with Crippen LogP contribution in [0.4, 0.5) is 4.39 Å². The van der Waals surface area contributed by atoms with Crippen molar-refractivity contribution in [3.63, 3.8) is 0 Å². The highest BCUT2D eigenvalue weighted by atomic mass is 35.5. The summed E-state index contributed by atoms with van der Waals surface area (Å²) < 4.78 is 15.9. The average molecular weight is 302 g/mol. The summed E-state index contributed by atoms with van der Waals surface area (Å²) in [7, 11) is 1.74. The van der Waals surface area contributed by atoms with Gasteiger partial charge in [-0.05, 0) is 20.0 Å². The molecule has 0 radical (unpaired) electrons. The van der Waals surface area contributed by atoms with Crippen LogP contribution in [0.2, 0.25) is 10.0 Å². The normalized spacial score (nSPS) is 12.7. The van der Waals surface area contributed by atoms with Gasteiger partial charge in [-0.3, -0.25) is 4.68 Å². The summed E-state index contributed by atoms with van der Waals surface area (Å²) in [5, 5.41) is 7.82. The van der Waals surface area contributed by atoms with E-state index in [9.17, 15) is 4.39 Å². The first-order valence-electron chi connectivity index (χ1n) is 5.92. The summed E-state index contributed by atoms with van der Waals surface area (Å²) in [5.41, 5.74) is 1.18. The van der Waals surface area contributed by atoms with Crippen LogP contribution >= 0.6 is 23.2 Å². The van der Waals surface area contributed by atoms with Crippen molar-refractivity contribution in [3.8, 4) is 0 Å². The Kier molecular flexibility index (Phi) is 4.45. The van der Waals surface area contributed by atoms with Crippen LogP contribution in [-0.4, -0.2) is 16.8 Å². The number of benzene rings is 1. The molecule has 0 saturated carbocycles. The molecule has 1 unspecified atom stereocenters. The van der Waals surface area contributed by atoms with Gasteiger partial charge in [-0.2, -0.15) is 5.10 Å². The van der Waals surface area contributed by atoms with Gasteiger partial charge in [-0.1, -0.05) is 35.3 Å². The molecular weight excluding hydrogens is 288 g/mol. The zero-order valence-electron chi connectivity index (χ0n) is 10.6. The Labute approximate surface area is 121 Å². The number of aryl methyl sites for hydroxylation is 1. The Morgan fingerprint density at radius 2 is 2.11 bits per heavy atom. The maximum Gasteiger partial charge on any atom is 0.146 e. The highest BCUT2D eigenvalue weighted by molar-refractivity contribution is 6.31. The largest absolute Gasteiger partial charge is 0.308 e. The van der Waals surface area contributed by atoms with Crippen LogP contribution in [0.1, 0.15) is 24.2 Å². The monoisotopic (exact) mass is 301 g/mol. The second-order valence-electron chi connectivity index (χ2n) is 4.06. The molecule has 0 aliphatic carbocycles. The molecule has 19 heavy (non-hydrogen) atoms. The van der Waals surface area contributed by atoms with Gasteiger partial charge in [-0.25, -0.2) is 4.39 Å². The first-order valence-corrected chi connectivity index (χ1v) is 6.68. The molecule has 0 spiro atoms. The number of aromatic nitrogens is 2. The van der Waals surface area contributed by atoms with E-state index in [-0.39, 0.29) is 5.02 Å². The third kappa shape index (κ3) is 2.61. The fourth-order valence-electron chi connectivity index (χ4n) is 2.09. The second kappa shape index (κ2) is 5.90. The number of nitrogens with zero attached hydrogens (tertiary/aromatic N) is 2. The maximum absolute atomic E-state index is 14.2. The predicted octanol–water partition coefficient (Wildman–Crippen LogP) is 3.66. The summed E-state index contributed by atoms with van der Waals surface area (Å²) in [6, 6.07) is 4.53. The molecule has 6 heteroatoms. The van der Waals surface area contributed by atoms with Crippen molar-refractivity contribution in [1.29, 1.82) is 0 Å². The lowest BCUT2D eigenvalue weighted by molar-refractivity contribution is 0.533. The van der Waals surface area contributed by atoms with Crippen molar-refractivity contribution in [3.05, 3.63) is 51.5 Å². The minimum absolute atomic E-state index is 0.0939. The van der Waals surface area contributed by atoms with Crippen LogP contribution in [0.3, 0.4) is 0 Å². The van der Waals surface area contributed by atoms with E-state index < -0.39 is 11.9 Å². The molecule has 0 aliphatic rings. The van der Waals surface area contributed by atoms with Crippen LogP contribution in [0.5, 0.6) is 0 Å². The summed E-state index contributed by atoms with van der Waals surface area (Å²) in [6.45, 7) is 2.61. The summed E-state index contributed by atoms with van der Waals surface area (Å²) >= 11 is 12.0. The zero-order chi connectivity index (χ0) is 14.0. The molecule has 2 rings (SSSR count). The Hall–Kier alpha value is -1.10. The van der Waals surface area contributed by atoms with Gasteiger partial charge in [0.25, 0.3) is 0 Å². The molecule has 0 fully saturated rings. The van der Waals surface area contributed by atoms with Gasteiger partial charge in [0, 0.05) is 12.1 Å². The van der Waals surface area contributed by atoms with Gasteiger partial charge in [0.1, 0.15) is 5.82 Å². The topological polar surface area (TPSA) is 29.9 Å². The van der Waals surface area contributed by atoms with Crippen LogP contribution < -0.4 is 5.32 Å². The molecule has 1 atom stereocenters. The lowest BCUT2D eigenvalue weighted by atomic mass is 10.0. The van der Waals surface area contributed by atoms with E-state index >= 15 is 0 Å². The van der Waals surface area contributed by atoms with Crippen molar-refractivity contribution in [1.82, 2.24) is 15.1 Å². The standard InChI is InChI=1S/C13H14Cl2FN3/c1-3-19-13(10(15)7-18-19)12(17-2)8-5-4-6-9(14)11(8)16/h4-7,12,17H,3H2,1-2H3. The number of rotatable bonds is 4. The van der Waals surface area contributed by atoms with Crippen LogP contribution in [-0.2, 0) is 6.54 Å². The third-order valence-electron chi connectivity index (χ3n) is 2.99. The third-order valence-corrected chi connectivity index (χ3v) is 3.57. The lowest BCUT2D eigenvalue weighted by Gasteiger charge is -2.19. The first kappa shape index (κ1) is 14.3. The van der Waals surface area contributed by atoms with E-state index in [1.165, 1.54) is 6.07 Å². The molecule has 0 aliphatic heterocycles. The molecular formula is C13H14Cl2FN3. The molecule has 0 amide bonds. The molecule has 102 valence electrons. The van der Waals surface area contributed by atoms with Gasteiger partial charge >= 0.3 is 0 Å². The van der Waals surface area contributed by atoms with Gasteiger partial charge in [-0.15, -0.1) is 0 Å². The van der Waals surface area contributed by atoms with Crippen molar-refractivity contribution in [2.45, 2.75) is 19.5 Å². The van der Waals surface area contributed by atoms with Crippen molar-refractivity contribution in [2.75, 3.05) is 7.05 Å². The minimum Gasteiger partial charge on any atom is -0.308 e. The summed E-state index contributed by atoms with van der Waals surface area (Å²) in [5.74, 6) is -0.441. The predicted molar refractivity (Wildman–Crippen MR) is 75.2 cm³/mol.